The normalized spacial score (nSPS) is 19.7. The highest BCUT2D eigenvalue weighted by Crippen LogP contribution is 2.29. The number of thiazole rings is 1. The van der Waals surface area contributed by atoms with Gasteiger partial charge in [0.2, 0.25) is 11.8 Å². The van der Waals surface area contributed by atoms with Crippen LogP contribution >= 0.6 is 11.3 Å². The van der Waals surface area contributed by atoms with Crippen LogP contribution in [0.5, 0.6) is 0 Å². The number of rotatable bonds is 12. The Kier molecular flexibility index (Phi) is 11.8. The molecule has 2 amide bonds. The summed E-state index contributed by atoms with van der Waals surface area (Å²) >= 11 is 1.08. The second-order valence-electron chi connectivity index (χ2n) is 9.96. The van der Waals surface area contributed by atoms with Gasteiger partial charge in [-0.05, 0) is 38.8 Å². The van der Waals surface area contributed by atoms with Gasteiger partial charge in [-0.1, -0.05) is 33.3 Å². The van der Waals surface area contributed by atoms with Crippen LogP contribution in [0, 0.1) is 30.1 Å². The molecule has 0 radical (unpaired) electrons. The summed E-state index contributed by atoms with van der Waals surface area (Å²) in [5.41, 5.74) is -0.115. The van der Waals surface area contributed by atoms with Crippen LogP contribution in [0.1, 0.15) is 74.5 Å². The van der Waals surface area contributed by atoms with Gasteiger partial charge in [0, 0.05) is 37.0 Å². The second kappa shape index (κ2) is 14.3. The van der Waals surface area contributed by atoms with Crippen molar-refractivity contribution in [2.45, 2.75) is 71.1 Å². The Balaban J connectivity index is 2.17. The highest BCUT2D eigenvalue weighted by molar-refractivity contribution is 7.09. The molecule has 1 aliphatic rings. The predicted octanol–water partition coefficient (Wildman–Crippen LogP) is 3.14. The molecule has 2 heterocycles. The van der Waals surface area contributed by atoms with Gasteiger partial charge in [-0.3, -0.25) is 14.5 Å². The van der Waals surface area contributed by atoms with Gasteiger partial charge in [-0.15, -0.1) is 23.7 Å². The number of aliphatic hydroxyl groups excluding tert-OH is 1. The molecule has 1 fully saturated rings. The van der Waals surface area contributed by atoms with Crippen molar-refractivity contribution in [2.75, 3.05) is 20.6 Å². The van der Waals surface area contributed by atoms with Gasteiger partial charge in [0.05, 0.1) is 12.0 Å². The monoisotopic (exact) mass is 532 g/mol. The zero-order valence-corrected chi connectivity index (χ0v) is 23.2. The van der Waals surface area contributed by atoms with Crippen LogP contribution in [-0.2, 0) is 9.59 Å². The van der Waals surface area contributed by atoms with Gasteiger partial charge in [0.1, 0.15) is 11.1 Å². The van der Waals surface area contributed by atoms with Crippen LogP contribution in [0.15, 0.2) is 17.7 Å². The molecular formula is C27H40N4O5S. The molecule has 9 nitrogen and oxygen atoms in total. The Hall–Kier alpha value is -2.74. The number of carbonyl (C=O) groups excluding carboxylic acids is 2. The lowest BCUT2D eigenvalue weighted by atomic mass is 9.87. The highest BCUT2D eigenvalue weighted by Gasteiger charge is 2.33. The van der Waals surface area contributed by atoms with Crippen molar-refractivity contribution >= 4 is 29.1 Å². The summed E-state index contributed by atoms with van der Waals surface area (Å²) in [6.07, 6.45) is 11.6. The minimum atomic E-state index is -1.15. The highest BCUT2D eigenvalue weighted by atomic mass is 32.1. The number of aliphatic hydroxyl groups is 1. The van der Waals surface area contributed by atoms with Crippen molar-refractivity contribution in [1.29, 1.82) is 0 Å². The lowest BCUT2D eigenvalue weighted by Gasteiger charge is -2.35. The molecule has 1 aromatic rings. The molecule has 0 bridgehead atoms. The molecule has 3 N–H and O–H groups in total. The summed E-state index contributed by atoms with van der Waals surface area (Å²) in [5, 5.41) is 24.4. The van der Waals surface area contributed by atoms with Crippen LogP contribution in [0.3, 0.4) is 0 Å². The lowest BCUT2D eigenvalue weighted by molar-refractivity contribution is -0.137. The maximum Gasteiger partial charge on any atom is 0.355 e. The molecule has 204 valence electrons. The summed E-state index contributed by atoms with van der Waals surface area (Å²) in [7, 11) is 3.62. The maximum absolute atomic E-state index is 13.7. The molecule has 1 aliphatic heterocycles. The number of aromatic carboxylic acids is 1. The average Bonchev–Trinajstić information content (AvgIpc) is 3.37. The summed E-state index contributed by atoms with van der Waals surface area (Å²) in [6, 6.07) is -0.541. The summed E-state index contributed by atoms with van der Waals surface area (Å²) in [5.74, 6) is 0.235. The van der Waals surface area contributed by atoms with E-state index in [2.05, 4.69) is 16.2 Å². The maximum atomic E-state index is 13.7. The number of hydrogen-bond acceptors (Lipinski definition) is 7. The Morgan fingerprint density at radius 1 is 1.38 bits per heavy atom. The minimum Gasteiger partial charge on any atom is -0.476 e. The molecule has 10 heteroatoms. The first-order chi connectivity index (χ1) is 17.5. The van der Waals surface area contributed by atoms with Gasteiger partial charge in [-0.2, -0.15) is 0 Å². The van der Waals surface area contributed by atoms with E-state index in [4.69, 9.17) is 11.5 Å². The van der Waals surface area contributed by atoms with Crippen molar-refractivity contribution in [1.82, 2.24) is 20.1 Å². The molecule has 1 saturated heterocycles. The number of nitrogens with zero attached hydrogens (tertiary/aromatic N) is 3. The number of carboxylic acid groups (broad SMARTS) is 1. The van der Waals surface area contributed by atoms with Crippen molar-refractivity contribution in [3.63, 3.8) is 0 Å². The fourth-order valence-electron chi connectivity index (χ4n) is 4.74. The van der Waals surface area contributed by atoms with Crippen LogP contribution in [0.4, 0.5) is 0 Å². The van der Waals surface area contributed by atoms with Gasteiger partial charge in [-0.25, -0.2) is 9.78 Å². The number of carbonyl (C=O) groups is 3. The molecular weight excluding hydrogens is 492 g/mol. The van der Waals surface area contributed by atoms with Crippen molar-refractivity contribution < 1.29 is 24.6 Å². The summed E-state index contributed by atoms with van der Waals surface area (Å²) < 4.78 is 0. The van der Waals surface area contributed by atoms with Crippen LogP contribution in [-0.4, -0.2) is 75.5 Å². The smallest absolute Gasteiger partial charge is 0.355 e. The van der Waals surface area contributed by atoms with Gasteiger partial charge >= 0.3 is 5.97 Å². The SMILES string of the molecule is C#C[C@@H](CC)[C@H](/C=C/NC(=O)[C@H]1CCCCN1C)C(=O)N(C)[C@H](C[C@@H](O)c1nc(C(=O)O)cs1)C(C)C. The third kappa shape index (κ3) is 8.12. The molecule has 0 aromatic carbocycles. The van der Waals surface area contributed by atoms with Gasteiger partial charge in [0.25, 0.3) is 0 Å². The van der Waals surface area contributed by atoms with Crippen LogP contribution in [0.2, 0.25) is 0 Å². The quantitative estimate of drug-likeness (QED) is 0.354. The largest absolute Gasteiger partial charge is 0.476 e. The Bertz CT molecular complexity index is 1000. The van der Waals surface area contributed by atoms with E-state index in [0.717, 1.165) is 37.1 Å². The zero-order chi connectivity index (χ0) is 27.7. The van der Waals surface area contributed by atoms with E-state index in [-0.39, 0.29) is 47.8 Å². The second-order valence-corrected chi connectivity index (χ2v) is 10.8. The first-order valence-corrected chi connectivity index (χ1v) is 13.7. The zero-order valence-electron chi connectivity index (χ0n) is 22.4. The fourth-order valence-corrected chi connectivity index (χ4v) is 5.54. The summed E-state index contributed by atoms with van der Waals surface area (Å²) in [4.78, 5) is 45.2. The molecule has 5 atom stereocenters. The predicted molar refractivity (Wildman–Crippen MR) is 144 cm³/mol. The standard InChI is InChI=1S/C27H40N4O5S/c1-7-18(8-2)19(12-13-28-24(33)21-11-9-10-14-30(21)5)26(34)31(6)22(17(3)4)15-23(32)25-29-20(16-37-25)27(35)36/h1,12-13,16-19,21-23,32H,8-11,14-15H2,2-6H3,(H,28,33)(H,35,36)/b13-12+/t18-,19-,21+,22+,23+/m0/s1. The molecule has 0 aliphatic carbocycles. The Labute approximate surface area is 223 Å². The average molecular weight is 533 g/mol. The molecule has 0 unspecified atom stereocenters. The van der Waals surface area contributed by atoms with E-state index in [1.807, 2.05) is 32.7 Å². The topological polar surface area (TPSA) is 123 Å². The van der Waals surface area contributed by atoms with E-state index in [0.29, 0.717) is 11.4 Å². The number of aromatic nitrogens is 1. The number of likely N-dealkylation sites (tertiary alicyclic amines) is 1. The van der Waals surface area contributed by atoms with Gasteiger partial charge in [0.15, 0.2) is 5.69 Å². The number of carboxylic acids is 1. The molecule has 2 rings (SSSR count). The third-order valence-corrected chi connectivity index (χ3v) is 8.03. The van der Waals surface area contributed by atoms with E-state index < -0.39 is 18.0 Å². The Morgan fingerprint density at radius 3 is 2.62 bits per heavy atom. The minimum absolute atomic E-state index is 0.000380. The molecule has 1 aromatic heterocycles. The number of amides is 2. The molecule has 37 heavy (non-hydrogen) atoms. The first kappa shape index (κ1) is 30.5. The van der Waals surface area contributed by atoms with E-state index in [1.54, 1.807) is 18.0 Å². The molecule has 0 saturated carbocycles. The van der Waals surface area contributed by atoms with Crippen LogP contribution < -0.4 is 5.32 Å². The number of likely N-dealkylation sites (N-methyl/N-ethyl adjacent to an activating group) is 1. The fraction of sp³-hybridized carbons (Fsp3) is 0.630. The van der Waals surface area contributed by atoms with Crippen molar-refractivity contribution in [3.8, 4) is 12.3 Å². The Morgan fingerprint density at radius 2 is 2.08 bits per heavy atom. The number of piperidine rings is 1. The van der Waals surface area contributed by atoms with Gasteiger partial charge < -0.3 is 20.4 Å². The van der Waals surface area contributed by atoms with Crippen molar-refractivity contribution in [3.05, 3.63) is 28.4 Å². The van der Waals surface area contributed by atoms with E-state index in [9.17, 15) is 19.5 Å². The number of terminal acetylenes is 1. The van der Waals surface area contributed by atoms with E-state index in [1.165, 1.54) is 11.6 Å². The van der Waals surface area contributed by atoms with Crippen LogP contribution in [0.25, 0.3) is 0 Å². The van der Waals surface area contributed by atoms with Crippen molar-refractivity contribution in [2.24, 2.45) is 17.8 Å². The van der Waals surface area contributed by atoms with E-state index >= 15 is 0 Å². The third-order valence-electron chi connectivity index (χ3n) is 7.08. The number of hydrogen-bond donors (Lipinski definition) is 3. The number of nitrogens with one attached hydrogen (secondary N) is 1. The lowest BCUT2D eigenvalue weighted by Crippen LogP contribution is -2.46. The summed E-state index contributed by atoms with van der Waals surface area (Å²) in [6.45, 7) is 6.70. The molecule has 0 spiro atoms. The first-order valence-electron chi connectivity index (χ1n) is 12.8.